The fourth-order valence-corrected chi connectivity index (χ4v) is 2.14. The highest BCUT2D eigenvalue weighted by Gasteiger charge is 2.36. The summed E-state index contributed by atoms with van der Waals surface area (Å²) in [6.45, 7) is -0.147. The lowest BCUT2D eigenvalue weighted by Crippen LogP contribution is -2.27. The minimum absolute atomic E-state index is 0.0508. The molecule has 1 saturated heterocycles. The number of carboxylic acid groups (broad SMARTS) is 1. The topological polar surface area (TPSA) is 57.6 Å². The van der Waals surface area contributed by atoms with Crippen LogP contribution >= 0.6 is 15.9 Å². The molecule has 2 rings (SSSR count). The van der Waals surface area contributed by atoms with Gasteiger partial charge in [-0.15, -0.1) is 0 Å². The van der Waals surface area contributed by atoms with Gasteiger partial charge >= 0.3 is 5.97 Å². The lowest BCUT2D eigenvalue weighted by Gasteiger charge is -2.17. The van der Waals surface area contributed by atoms with Crippen molar-refractivity contribution in [2.75, 3.05) is 11.4 Å². The summed E-state index contributed by atoms with van der Waals surface area (Å²) < 4.78 is 27.0. The molecule has 1 aromatic rings. The van der Waals surface area contributed by atoms with Gasteiger partial charge < -0.3 is 10.0 Å². The Hall–Kier alpha value is -1.50. The number of carboxylic acids is 1. The van der Waals surface area contributed by atoms with Gasteiger partial charge in [0.2, 0.25) is 5.91 Å². The molecule has 0 spiro atoms. The number of carbonyl (C=O) groups is 2. The predicted octanol–water partition coefficient (Wildman–Crippen LogP) is 2.16. The van der Waals surface area contributed by atoms with Gasteiger partial charge in [0.1, 0.15) is 0 Å². The van der Waals surface area contributed by atoms with E-state index in [4.69, 9.17) is 5.11 Å². The van der Waals surface area contributed by atoms with E-state index in [0.29, 0.717) is 0 Å². The Balaban J connectivity index is 2.36. The van der Waals surface area contributed by atoms with Crippen molar-refractivity contribution in [2.45, 2.75) is 6.42 Å². The monoisotopic (exact) mass is 319 g/mol. The summed E-state index contributed by atoms with van der Waals surface area (Å²) in [6, 6.07) is 2.51. The van der Waals surface area contributed by atoms with Gasteiger partial charge in [-0.25, -0.2) is 8.78 Å². The third kappa shape index (κ3) is 2.10. The quantitative estimate of drug-likeness (QED) is 0.850. The summed E-state index contributed by atoms with van der Waals surface area (Å²) in [5.74, 6) is -4.79. The molecule has 1 amide bonds. The summed E-state index contributed by atoms with van der Waals surface area (Å²) in [5, 5.41) is 8.81. The Morgan fingerprint density at radius 3 is 2.61 bits per heavy atom. The first-order valence-corrected chi connectivity index (χ1v) is 5.87. The Morgan fingerprint density at radius 1 is 1.39 bits per heavy atom. The van der Waals surface area contributed by atoms with Crippen LogP contribution in [0.2, 0.25) is 0 Å². The Morgan fingerprint density at radius 2 is 2.06 bits per heavy atom. The van der Waals surface area contributed by atoms with Gasteiger partial charge in [0.15, 0.2) is 11.6 Å². The minimum atomic E-state index is -1.16. The molecular formula is C11H8BrF2NO3. The zero-order chi connectivity index (χ0) is 13.4. The second-order valence-corrected chi connectivity index (χ2v) is 4.79. The summed E-state index contributed by atoms with van der Waals surface area (Å²) in [5.41, 5.74) is -0.232. The standard InChI is InChI=1S/C11H8BrF2NO3/c12-6-1-2-7(10(14)9(6)13)15-4-5(11(17)18)3-8(15)16/h1-2,5H,3-4H2,(H,17,18). The second-order valence-electron chi connectivity index (χ2n) is 3.94. The molecule has 0 saturated carbocycles. The van der Waals surface area contributed by atoms with Crippen LogP contribution in [-0.4, -0.2) is 23.5 Å². The third-order valence-corrected chi connectivity index (χ3v) is 3.39. The number of nitrogens with zero attached hydrogens (tertiary/aromatic N) is 1. The van der Waals surface area contributed by atoms with Crippen molar-refractivity contribution in [3.05, 3.63) is 28.2 Å². The number of anilines is 1. The molecule has 1 N–H and O–H groups in total. The molecule has 4 nitrogen and oxygen atoms in total. The highest BCUT2D eigenvalue weighted by molar-refractivity contribution is 9.10. The van der Waals surface area contributed by atoms with E-state index in [0.717, 1.165) is 4.90 Å². The largest absolute Gasteiger partial charge is 0.481 e. The first-order chi connectivity index (χ1) is 8.41. The molecule has 1 unspecified atom stereocenters. The van der Waals surface area contributed by atoms with Gasteiger partial charge in [-0.3, -0.25) is 9.59 Å². The van der Waals surface area contributed by atoms with Crippen LogP contribution in [0.4, 0.5) is 14.5 Å². The molecule has 1 fully saturated rings. The zero-order valence-corrected chi connectivity index (χ0v) is 10.6. The maximum absolute atomic E-state index is 13.7. The van der Waals surface area contributed by atoms with Crippen molar-refractivity contribution >= 4 is 33.5 Å². The van der Waals surface area contributed by atoms with Crippen LogP contribution in [-0.2, 0) is 9.59 Å². The van der Waals surface area contributed by atoms with Gasteiger partial charge in [-0.05, 0) is 28.1 Å². The fraction of sp³-hybridized carbons (Fsp3) is 0.273. The maximum atomic E-state index is 13.7. The van der Waals surface area contributed by atoms with Crippen LogP contribution in [0.15, 0.2) is 16.6 Å². The molecule has 96 valence electrons. The van der Waals surface area contributed by atoms with Crippen LogP contribution in [0.1, 0.15) is 6.42 Å². The van der Waals surface area contributed by atoms with Crippen molar-refractivity contribution in [3.8, 4) is 0 Å². The summed E-state index contributed by atoms with van der Waals surface area (Å²) in [7, 11) is 0. The number of aliphatic carboxylic acids is 1. The SMILES string of the molecule is O=C(O)C1CC(=O)N(c2ccc(Br)c(F)c2F)C1. The summed E-state index contributed by atoms with van der Waals surface area (Å²) >= 11 is 2.83. The van der Waals surface area contributed by atoms with Gasteiger partial charge in [-0.2, -0.15) is 0 Å². The molecule has 0 radical (unpaired) electrons. The molecule has 1 atom stereocenters. The Bertz CT molecular complexity index is 535. The van der Waals surface area contributed by atoms with E-state index in [1.807, 2.05) is 0 Å². The van der Waals surface area contributed by atoms with E-state index in [2.05, 4.69) is 15.9 Å². The first kappa shape index (κ1) is 12.9. The van der Waals surface area contributed by atoms with Crippen LogP contribution in [0.5, 0.6) is 0 Å². The molecule has 7 heteroatoms. The van der Waals surface area contributed by atoms with Gasteiger partial charge in [-0.1, -0.05) is 0 Å². The lowest BCUT2D eigenvalue weighted by molar-refractivity contribution is -0.141. The van der Waals surface area contributed by atoms with Gasteiger partial charge in [0.25, 0.3) is 0 Å². The summed E-state index contributed by atoms with van der Waals surface area (Å²) in [4.78, 5) is 23.3. The first-order valence-electron chi connectivity index (χ1n) is 5.08. The molecule has 1 aliphatic rings. The average molecular weight is 320 g/mol. The van der Waals surface area contributed by atoms with Crippen molar-refractivity contribution in [3.63, 3.8) is 0 Å². The number of carbonyl (C=O) groups excluding carboxylic acids is 1. The van der Waals surface area contributed by atoms with Crippen LogP contribution < -0.4 is 4.90 Å². The van der Waals surface area contributed by atoms with E-state index in [9.17, 15) is 18.4 Å². The highest BCUT2D eigenvalue weighted by atomic mass is 79.9. The normalized spacial score (nSPS) is 19.4. The molecule has 0 aliphatic carbocycles. The van der Waals surface area contributed by atoms with Crippen molar-refractivity contribution in [1.29, 1.82) is 0 Å². The van der Waals surface area contributed by atoms with E-state index in [1.165, 1.54) is 12.1 Å². The molecule has 1 aromatic carbocycles. The number of benzene rings is 1. The van der Waals surface area contributed by atoms with Crippen LogP contribution in [0.25, 0.3) is 0 Å². The lowest BCUT2D eigenvalue weighted by atomic mass is 10.1. The smallest absolute Gasteiger partial charge is 0.308 e. The van der Waals surface area contributed by atoms with Gasteiger partial charge in [0.05, 0.1) is 16.1 Å². The van der Waals surface area contributed by atoms with Crippen LogP contribution in [0, 0.1) is 17.6 Å². The number of amides is 1. The summed E-state index contributed by atoms with van der Waals surface area (Å²) in [6.07, 6.45) is -0.202. The number of hydrogen-bond acceptors (Lipinski definition) is 2. The van der Waals surface area contributed by atoms with E-state index < -0.39 is 29.4 Å². The minimum Gasteiger partial charge on any atom is -0.481 e. The van der Waals surface area contributed by atoms with Crippen molar-refractivity contribution in [2.24, 2.45) is 5.92 Å². The number of hydrogen-bond donors (Lipinski definition) is 1. The molecule has 1 heterocycles. The van der Waals surface area contributed by atoms with Crippen molar-refractivity contribution in [1.82, 2.24) is 0 Å². The zero-order valence-electron chi connectivity index (χ0n) is 8.99. The molecule has 0 aromatic heterocycles. The molecule has 0 bridgehead atoms. The predicted molar refractivity (Wildman–Crippen MR) is 62.2 cm³/mol. The van der Waals surface area contributed by atoms with Crippen molar-refractivity contribution < 1.29 is 23.5 Å². The third-order valence-electron chi connectivity index (χ3n) is 2.78. The number of rotatable bonds is 2. The number of halogens is 3. The van der Waals surface area contributed by atoms with E-state index >= 15 is 0 Å². The van der Waals surface area contributed by atoms with E-state index in [1.54, 1.807) is 0 Å². The Kier molecular flexibility index (Phi) is 3.34. The highest BCUT2D eigenvalue weighted by Crippen LogP contribution is 2.31. The fourth-order valence-electron chi connectivity index (χ4n) is 1.83. The molecular weight excluding hydrogens is 312 g/mol. The second kappa shape index (κ2) is 4.64. The van der Waals surface area contributed by atoms with Crippen LogP contribution in [0.3, 0.4) is 0 Å². The molecule has 1 aliphatic heterocycles. The average Bonchev–Trinajstić information content (AvgIpc) is 2.69. The van der Waals surface area contributed by atoms with Gasteiger partial charge in [0, 0.05) is 13.0 Å². The van der Waals surface area contributed by atoms with E-state index in [-0.39, 0.29) is 23.1 Å². The Labute approximate surface area is 109 Å². The molecule has 18 heavy (non-hydrogen) atoms. The maximum Gasteiger partial charge on any atom is 0.308 e.